The molecule has 0 unspecified atom stereocenters. The third-order valence-electron chi connectivity index (χ3n) is 5.01. The minimum atomic E-state index is 0.0804. The molecular weight excluding hydrogens is 312 g/mol. The van der Waals surface area contributed by atoms with E-state index < -0.39 is 0 Å². The number of carbonyl (C=O) groups excluding carboxylic acids is 1. The molecule has 5 nitrogen and oxygen atoms in total. The van der Waals surface area contributed by atoms with Crippen LogP contribution in [0.4, 0.5) is 0 Å². The van der Waals surface area contributed by atoms with Crippen molar-refractivity contribution in [1.82, 2.24) is 19.7 Å². The molecule has 25 heavy (non-hydrogen) atoms. The summed E-state index contributed by atoms with van der Waals surface area (Å²) in [4.78, 5) is 19.5. The van der Waals surface area contributed by atoms with Gasteiger partial charge in [0.05, 0.1) is 5.69 Å². The first-order valence-electron chi connectivity index (χ1n) is 9.40. The van der Waals surface area contributed by atoms with Crippen molar-refractivity contribution in [3.63, 3.8) is 0 Å². The van der Waals surface area contributed by atoms with Gasteiger partial charge < -0.3 is 4.90 Å². The molecule has 5 heteroatoms. The molecule has 3 rings (SSSR count). The van der Waals surface area contributed by atoms with Gasteiger partial charge in [-0.3, -0.25) is 14.5 Å². The van der Waals surface area contributed by atoms with Gasteiger partial charge in [-0.2, -0.15) is 5.10 Å². The van der Waals surface area contributed by atoms with Crippen molar-refractivity contribution in [2.45, 2.75) is 59.0 Å². The maximum Gasteiger partial charge on any atom is 0.272 e. The largest absolute Gasteiger partial charge is 0.333 e. The van der Waals surface area contributed by atoms with Crippen molar-refractivity contribution >= 4 is 5.91 Å². The Balaban J connectivity index is 1.82. The first-order valence-corrected chi connectivity index (χ1v) is 9.40. The monoisotopic (exact) mass is 340 g/mol. The van der Waals surface area contributed by atoms with Crippen LogP contribution in [0.1, 0.15) is 60.8 Å². The zero-order chi connectivity index (χ0) is 17.6. The zero-order valence-corrected chi connectivity index (χ0v) is 15.3. The molecule has 1 fully saturated rings. The van der Waals surface area contributed by atoms with Crippen molar-refractivity contribution in [2.24, 2.45) is 5.92 Å². The van der Waals surface area contributed by atoms with E-state index in [1.165, 1.54) is 32.1 Å². The lowest BCUT2D eigenvalue weighted by molar-refractivity contribution is 0.0686. The second kappa shape index (κ2) is 8.28. The van der Waals surface area contributed by atoms with Crippen molar-refractivity contribution < 1.29 is 4.79 Å². The maximum atomic E-state index is 13.3. The maximum absolute atomic E-state index is 13.3. The van der Waals surface area contributed by atoms with Crippen LogP contribution >= 0.6 is 0 Å². The van der Waals surface area contributed by atoms with E-state index in [0.717, 1.165) is 17.8 Å². The second-order valence-corrected chi connectivity index (χ2v) is 7.04. The first kappa shape index (κ1) is 17.6. The predicted octanol–water partition coefficient (Wildman–Crippen LogP) is 3.83. The van der Waals surface area contributed by atoms with E-state index in [1.54, 1.807) is 6.20 Å². The Bertz CT molecular complexity index is 689. The van der Waals surface area contributed by atoms with Crippen LogP contribution in [0.15, 0.2) is 30.6 Å². The standard InChI is InChI=1S/C20H28N4O/c1-3-24-19(12-16(2)22-24)20(25)23(14-17-8-5-4-6-9-17)15-18-10-7-11-21-13-18/h7,10-13,17H,3-6,8-9,14-15H2,1-2H3. The molecule has 1 amide bonds. The summed E-state index contributed by atoms with van der Waals surface area (Å²) in [5.41, 5.74) is 2.66. The Morgan fingerprint density at radius 2 is 2.12 bits per heavy atom. The van der Waals surface area contributed by atoms with Gasteiger partial charge in [-0.05, 0) is 50.3 Å². The molecule has 134 valence electrons. The van der Waals surface area contributed by atoms with Crippen LogP contribution < -0.4 is 0 Å². The first-order chi connectivity index (χ1) is 12.2. The molecule has 1 aliphatic rings. The molecule has 0 aliphatic heterocycles. The Morgan fingerprint density at radius 1 is 1.32 bits per heavy atom. The van der Waals surface area contributed by atoms with Crippen molar-refractivity contribution in [1.29, 1.82) is 0 Å². The third-order valence-corrected chi connectivity index (χ3v) is 5.01. The molecule has 0 radical (unpaired) electrons. The van der Waals surface area contributed by atoms with E-state index in [1.807, 2.05) is 47.8 Å². The molecule has 2 heterocycles. The number of hydrogen-bond acceptors (Lipinski definition) is 3. The number of aromatic nitrogens is 3. The molecular formula is C20H28N4O. The summed E-state index contributed by atoms with van der Waals surface area (Å²) in [6, 6.07) is 5.87. The minimum Gasteiger partial charge on any atom is -0.333 e. The molecule has 0 spiro atoms. The SMILES string of the molecule is CCn1nc(C)cc1C(=O)N(Cc1cccnc1)CC1CCCCC1. The Morgan fingerprint density at radius 3 is 2.80 bits per heavy atom. The van der Waals surface area contributed by atoms with Gasteiger partial charge in [0, 0.05) is 32.0 Å². The van der Waals surface area contributed by atoms with E-state index in [2.05, 4.69) is 10.1 Å². The molecule has 1 aliphatic carbocycles. The molecule has 0 aromatic carbocycles. The van der Waals surface area contributed by atoms with E-state index in [-0.39, 0.29) is 5.91 Å². The third kappa shape index (κ3) is 4.47. The van der Waals surface area contributed by atoms with Crippen LogP contribution in [-0.4, -0.2) is 32.1 Å². The predicted molar refractivity (Wildman–Crippen MR) is 98.2 cm³/mol. The quantitative estimate of drug-likeness (QED) is 0.803. The van der Waals surface area contributed by atoms with E-state index in [9.17, 15) is 4.79 Å². The van der Waals surface area contributed by atoms with Crippen LogP contribution in [0.3, 0.4) is 0 Å². The molecule has 0 atom stereocenters. The van der Waals surface area contributed by atoms with Crippen LogP contribution in [0.25, 0.3) is 0 Å². The Kier molecular flexibility index (Phi) is 5.84. The van der Waals surface area contributed by atoms with Gasteiger partial charge >= 0.3 is 0 Å². The highest BCUT2D eigenvalue weighted by atomic mass is 16.2. The summed E-state index contributed by atoms with van der Waals surface area (Å²) in [5.74, 6) is 0.686. The van der Waals surface area contributed by atoms with Crippen molar-refractivity contribution in [3.05, 3.63) is 47.5 Å². The van der Waals surface area contributed by atoms with Gasteiger partial charge in [-0.15, -0.1) is 0 Å². The number of amides is 1. The number of rotatable bonds is 6. The van der Waals surface area contributed by atoms with Gasteiger partial charge in [-0.25, -0.2) is 0 Å². The van der Waals surface area contributed by atoms with Crippen molar-refractivity contribution in [2.75, 3.05) is 6.54 Å². The van der Waals surface area contributed by atoms with Gasteiger partial charge in [0.25, 0.3) is 5.91 Å². The fourth-order valence-electron chi connectivity index (χ4n) is 3.73. The number of nitrogens with zero attached hydrogens (tertiary/aromatic N) is 4. The Hall–Kier alpha value is -2.17. The number of aryl methyl sites for hydroxylation is 2. The Labute approximate surface area is 150 Å². The highest BCUT2D eigenvalue weighted by Gasteiger charge is 2.24. The van der Waals surface area contributed by atoms with Crippen molar-refractivity contribution in [3.8, 4) is 0 Å². The molecule has 0 N–H and O–H groups in total. The molecule has 0 bridgehead atoms. The lowest BCUT2D eigenvalue weighted by atomic mass is 9.89. The van der Waals surface area contributed by atoms with E-state index in [4.69, 9.17) is 0 Å². The summed E-state index contributed by atoms with van der Waals surface area (Å²) >= 11 is 0. The number of carbonyl (C=O) groups is 1. The van der Waals surface area contributed by atoms with Crippen LogP contribution in [-0.2, 0) is 13.1 Å². The van der Waals surface area contributed by atoms with E-state index in [0.29, 0.717) is 24.7 Å². The lowest BCUT2D eigenvalue weighted by Crippen LogP contribution is -2.36. The van der Waals surface area contributed by atoms with Gasteiger partial charge in [0.2, 0.25) is 0 Å². The smallest absolute Gasteiger partial charge is 0.272 e. The average Bonchev–Trinajstić information content (AvgIpc) is 3.03. The van der Waals surface area contributed by atoms with Gasteiger partial charge in [-0.1, -0.05) is 25.3 Å². The van der Waals surface area contributed by atoms with E-state index >= 15 is 0 Å². The molecule has 2 aromatic heterocycles. The number of hydrogen-bond donors (Lipinski definition) is 0. The average molecular weight is 340 g/mol. The van der Waals surface area contributed by atoms with Crippen LogP contribution in [0.2, 0.25) is 0 Å². The minimum absolute atomic E-state index is 0.0804. The molecule has 1 saturated carbocycles. The normalized spacial score (nSPS) is 15.3. The van der Waals surface area contributed by atoms with Gasteiger partial charge in [0.15, 0.2) is 0 Å². The number of pyridine rings is 1. The highest BCUT2D eigenvalue weighted by Crippen LogP contribution is 2.25. The summed E-state index contributed by atoms with van der Waals surface area (Å²) in [6.45, 7) is 6.10. The summed E-state index contributed by atoms with van der Waals surface area (Å²) in [5, 5.41) is 4.44. The summed E-state index contributed by atoms with van der Waals surface area (Å²) < 4.78 is 1.81. The highest BCUT2D eigenvalue weighted by molar-refractivity contribution is 5.92. The second-order valence-electron chi connectivity index (χ2n) is 7.04. The molecule has 0 saturated heterocycles. The zero-order valence-electron chi connectivity index (χ0n) is 15.3. The topological polar surface area (TPSA) is 51.0 Å². The fourth-order valence-corrected chi connectivity index (χ4v) is 3.73. The van der Waals surface area contributed by atoms with Crippen LogP contribution in [0.5, 0.6) is 0 Å². The van der Waals surface area contributed by atoms with Crippen LogP contribution in [0, 0.1) is 12.8 Å². The summed E-state index contributed by atoms with van der Waals surface area (Å²) in [7, 11) is 0. The molecule has 2 aromatic rings. The fraction of sp³-hybridized carbons (Fsp3) is 0.550. The lowest BCUT2D eigenvalue weighted by Gasteiger charge is -2.30. The summed E-state index contributed by atoms with van der Waals surface area (Å²) in [6.07, 6.45) is 9.97. The van der Waals surface area contributed by atoms with Gasteiger partial charge in [0.1, 0.15) is 5.69 Å².